The zero-order valence-electron chi connectivity index (χ0n) is 15.6. The Kier molecular flexibility index (Phi) is 5.81. The fourth-order valence-electron chi connectivity index (χ4n) is 2.91. The fraction of sp³-hybridized carbons (Fsp3) is 0.238. The second-order valence-electron chi connectivity index (χ2n) is 6.03. The first-order valence-electron chi connectivity index (χ1n) is 8.91. The monoisotopic (exact) mass is 383 g/mol. The number of amides is 1. The molecular formula is C21H22ClN3O2. The van der Waals surface area contributed by atoms with Crippen molar-refractivity contribution < 1.29 is 9.21 Å². The molecule has 2 aromatic carbocycles. The summed E-state index contributed by atoms with van der Waals surface area (Å²) in [5.74, 6) is -0.249. The van der Waals surface area contributed by atoms with E-state index in [2.05, 4.69) is 29.1 Å². The van der Waals surface area contributed by atoms with Gasteiger partial charge in [0.2, 0.25) is 5.55 Å². The zero-order valence-corrected chi connectivity index (χ0v) is 16.4. The van der Waals surface area contributed by atoms with Gasteiger partial charge in [-0.3, -0.25) is 4.79 Å². The predicted molar refractivity (Wildman–Crippen MR) is 110 cm³/mol. The van der Waals surface area contributed by atoms with E-state index in [1.165, 1.54) is 0 Å². The standard InChI is InChI=1S/C21H22ClN3O2/c1-4-25(5-2)17-11-6-14-12-18(20(26)23-3)21(27-19(14)13-17)24-16-9-7-15(22)8-10-16/h6-13H,4-5H2,1-3H3,(H,23,26). The van der Waals surface area contributed by atoms with E-state index in [1.807, 2.05) is 18.2 Å². The first kappa shape index (κ1) is 19.0. The van der Waals surface area contributed by atoms with Crippen LogP contribution in [0.25, 0.3) is 11.0 Å². The number of carbonyl (C=O) groups excluding carboxylic acids is 1. The molecule has 5 nitrogen and oxygen atoms in total. The van der Waals surface area contributed by atoms with Gasteiger partial charge in [0.15, 0.2) is 0 Å². The van der Waals surface area contributed by atoms with Crippen LogP contribution >= 0.6 is 11.6 Å². The van der Waals surface area contributed by atoms with Crippen molar-refractivity contribution in [1.29, 1.82) is 0 Å². The van der Waals surface area contributed by atoms with E-state index < -0.39 is 0 Å². The molecule has 0 saturated carbocycles. The number of hydrogen-bond acceptors (Lipinski definition) is 4. The lowest BCUT2D eigenvalue weighted by Gasteiger charge is -2.21. The van der Waals surface area contributed by atoms with E-state index in [9.17, 15) is 4.79 Å². The van der Waals surface area contributed by atoms with E-state index >= 15 is 0 Å². The van der Waals surface area contributed by atoms with Gasteiger partial charge >= 0.3 is 0 Å². The average molecular weight is 384 g/mol. The SMILES string of the molecule is CCN(CC)c1ccc2cc(C(=O)NC)c(=Nc3ccc(Cl)cc3)oc2c1. The van der Waals surface area contributed by atoms with Gasteiger partial charge in [0.05, 0.1) is 5.69 Å². The summed E-state index contributed by atoms with van der Waals surface area (Å²) in [5.41, 5.74) is 3.06. The van der Waals surface area contributed by atoms with Crippen molar-refractivity contribution in [2.45, 2.75) is 13.8 Å². The van der Waals surface area contributed by atoms with Gasteiger partial charge in [0.1, 0.15) is 11.1 Å². The van der Waals surface area contributed by atoms with Gasteiger partial charge in [0.25, 0.3) is 5.91 Å². The van der Waals surface area contributed by atoms with Gasteiger partial charge in [-0.25, -0.2) is 4.99 Å². The molecule has 3 aromatic rings. The van der Waals surface area contributed by atoms with Crippen LogP contribution in [0.15, 0.2) is 57.9 Å². The third-order valence-electron chi connectivity index (χ3n) is 4.39. The average Bonchev–Trinajstić information content (AvgIpc) is 2.69. The second kappa shape index (κ2) is 8.27. The molecule has 0 radical (unpaired) electrons. The predicted octanol–water partition coefficient (Wildman–Crippen LogP) is 4.52. The van der Waals surface area contributed by atoms with Crippen LogP contribution in [0, 0.1) is 0 Å². The smallest absolute Gasteiger partial charge is 0.256 e. The Hall–Kier alpha value is -2.79. The maximum atomic E-state index is 12.3. The van der Waals surface area contributed by atoms with E-state index in [0.717, 1.165) is 24.2 Å². The van der Waals surface area contributed by atoms with Gasteiger partial charge in [-0.1, -0.05) is 11.6 Å². The maximum Gasteiger partial charge on any atom is 0.256 e. The van der Waals surface area contributed by atoms with Gasteiger partial charge in [-0.2, -0.15) is 0 Å². The number of carbonyl (C=O) groups is 1. The summed E-state index contributed by atoms with van der Waals surface area (Å²) in [6, 6.07) is 14.8. The molecule has 1 heterocycles. The molecule has 0 aliphatic heterocycles. The Morgan fingerprint density at radius 1 is 1.11 bits per heavy atom. The van der Waals surface area contributed by atoms with Crippen molar-refractivity contribution in [3.8, 4) is 0 Å². The van der Waals surface area contributed by atoms with Gasteiger partial charge in [-0.05, 0) is 56.3 Å². The normalized spacial score (nSPS) is 11.6. The third kappa shape index (κ3) is 4.14. The molecule has 1 aromatic heterocycles. The molecule has 0 spiro atoms. The first-order chi connectivity index (χ1) is 13.0. The quantitative estimate of drug-likeness (QED) is 0.704. The molecule has 0 aliphatic rings. The van der Waals surface area contributed by atoms with Crippen LogP contribution in [-0.2, 0) is 0 Å². The van der Waals surface area contributed by atoms with Crippen LogP contribution in [0.2, 0.25) is 5.02 Å². The molecule has 0 unspecified atom stereocenters. The number of halogens is 1. The van der Waals surface area contributed by atoms with Gasteiger partial charge in [0, 0.05) is 42.3 Å². The van der Waals surface area contributed by atoms with Crippen molar-refractivity contribution in [2.75, 3.05) is 25.0 Å². The van der Waals surface area contributed by atoms with E-state index in [1.54, 1.807) is 37.4 Å². The highest BCUT2D eigenvalue weighted by Crippen LogP contribution is 2.23. The summed E-state index contributed by atoms with van der Waals surface area (Å²) in [6.07, 6.45) is 0. The highest BCUT2D eigenvalue weighted by atomic mass is 35.5. The molecule has 6 heteroatoms. The van der Waals surface area contributed by atoms with Crippen molar-refractivity contribution in [1.82, 2.24) is 5.32 Å². The summed E-state index contributed by atoms with van der Waals surface area (Å²) >= 11 is 5.94. The van der Waals surface area contributed by atoms with Crippen LogP contribution < -0.4 is 15.8 Å². The molecule has 1 amide bonds. The minimum Gasteiger partial charge on any atom is -0.437 e. The Morgan fingerprint density at radius 3 is 2.44 bits per heavy atom. The van der Waals surface area contributed by atoms with Crippen LogP contribution in [-0.4, -0.2) is 26.0 Å². The molecule has 140 valence electrons. The van der Waals surface area contributed by atoms with Crippen LogP contribution in [0.1, 0.15) is 24.2 Å². The summed E-state index contributed by atoms with van der Waals surface area (Å²) in [4.78, 5) is 19.1. The molecule has 0 saturated heterocycles. The minimum atomic E-state index is -0.249. The third-order valence-corrected chi connectivity index (χ3v) is 4.64. The lowest BCUT2D eigenvalue weighted by atomic mass is 10.1. The summed E-state index contributed by atoms with van der Waals surface area (Å²) in [5, 5.41) is 4.11. The zero-order chi connectivity index (χ0) is 19.4. The second-order valence-corrected chi connectivity index (χ2v) is 6.46. The van der Waals surface area contributed by atoms with Crippen LogP contribution in [0.4, 0.5) is 11.4 Å². The molecule has 1 N–H and O–H groups in total. The van der Waals surface area contributed by atoms with Crippen molar-refractivity contribution in [3.63, 3.8) is 0 Å². The molecule has 27 heavy (non-hydrogen) atoms. The number of nitrogens with one attached hydrogen (secondary N) is 1. The van der Waals surface area contributed by atoms with E-state index in [0.29, 0.717) is 21.9 Å². The highest BCUT2D eigenvalue weighted by Gasteiger charge is 2.12. The lowest BCUT2D eigenvalue weighted by Crippen LogP contribution is -2.25. The van der Waals surface area contributed by atoms with Crippen molar-refractivity contribution in [3.05, 3.63) is 64.7 Å². The summed E-state index contributed by atoms with van der Waals surface area (Å²) in [6.45, 7) is 6.03. The van der Waals surface area contributed by atoms with E-state index in [-0.39, 0.29) is 11.5 Å². The lowest BCUT2D eigenvalue weighted by molar-refractivity contribution is 0.0959. The number of nitrogens with zero attached hydrogens (tertiary/aromatic N) is 2. The first-order valence-corrected chi connectivity index (χ1v) is 9.28. The Bertz CT molecular complexity index is 1020. The number of fused-ring (bicyclic) bond motifs is 1. The summed E-state index contributed by atoms with van der Waals surface area (Å²) < 4.78 is 6.04. The molecular weight excluding hydrogens is 362 g/mol. The van der Waals surface area contributed by atoms with Crippen molar-refractivity contribution >= 4 is 39.9 Å². The number of anilines is 1. The molecule has 0 fully saturated rings. The minimum absolute atomic E-state index is 0.249. The topological polar surface area (TPSA) is 57.8 Å². The summed E-state index contributed by atoms with van der Waals surface area (Å²) in [7, 11) is 1.59. The molecule has 3 rings (SSSR count). The fourth-order valence-corrected chi connectivity index (χ4v) is 3.03. The van der Waals surface area contributed by atoms with Gasteiger partial charge in [-0.15, -0.1) is 0 Å². The Labute approximate surface area is 163 Å². The molecule has 0 atom stereocenters. The number of benzene rings is 2. The van der Waals surface area contributed by atoms with E-state index in [4.69, 9.17) is 16.0 Å². The largest absolute Gasteiger partial charge is 0.437 e. The number of rotatable bonds is 5. The maximum absolute atomic E-state index is 12.3. The Morgan fingerprint density at radius 2 is 1.81 bits per heavy atom. The van der Waals surface area contributed by atoms with Gasteiger partial charge < -0.3 is 14.6 Å². The molecule has 0 bridgehead atoms. The Balaban J connectivity index is 2.21. The van der Waals surface area contributed by atoms with Crippen LogP contribution in [0.5, 0.6) is 0 Å². The molecule has 0 aliphatic carbocycles. The highest BCUT2D eigenvalue weighted by molar-refractivity contribution is 6.30. The van der Waals surface area contributed by atoms with Crippen molar-refractivity contribution in [2.24, 2.45) is 4.99 Å². The van der Waals surface area contributed by atoms with Crippen LogP contribution in [0.3, 0.4) is 0 Å². The number of hydrogen-bond donors (Lipinski definition) is 1.